The fourth-order valence-corrected chi connectivity index (χ4v) is 2.66. The van der Waals surface area contributed by atoms with Crippen molar-refractivity contribution < 1.29 is 22.7 Å². The van der Waals surface area contributed by atoms with Crippen LogP contribution in [0, 0.1) is 12.7 Å². The molecule has 0 saturated heterocycles. The zero-order chi connectivity index (χ0) is 15.8. The van der Waals surface area contributed by atoms with Gasteiger partial charge in [0.15, 0.2) is 9.84 Å². The van der Waals surface area contributed by atoms with E-state index in [1.807, 2.05) is 0 Å². The highest BCUT2D eigenvalue weighted by Gasteiger charge is 2.16. The van der Waals surface area contributed by atoms with E-state index in [4.69, 9.17) is 0 Å². The average Bonchev–Trinajstić information content (AvgIpc) is 2.40. The summed E-state index contributed by atoms with van der Waals surface area (Å²) in [5, 5.41) is 9.23. The Bertz CT molecular complexity index is 826. The highest BCUT2D eigenvalue weighted by atomic mass is 32.2. The number of carboxylic acids is 1. The predicted molar refractivity (Wildman–Crippen MR) is 76.6 cm³/mol. The first-order valence-corrected chi connectivity index (χ1v) is 7.93. The minimum absolute atomic E-state index is 0.0531. The zero-order valence-electron chi connectivity index (χ0n) is 11.4. The third kappa shape index (κ3) is 3.11. The summed E-state index contributed by atoms with van der Waals surface area (Å²) in [4.78, 5) is 11.4. The normalized spacial score (nSPS) is 11.4. The van der Waals surface area contributed by atoms with Gasteiger partial charge < -0.3 is 5.11 Å². The Labute approximate surface area is 121 Å². The Kier molecular flexibility index (Phi) is 3.82. The average molecular weight is 308 g/mol. The molecular weight excluding hydrogens is 295 g/mol. The van der Waals surface area contributed by atoms with Crippen LogP contribution in [0.3, 0.4) is 0 Å². The van der Waals surface area contributed by atoms with Crippen molar-refractivity contribution in [3.8, 4) is 11.1 Å². The van der Waals surface area contributed by atoms with Crippen LogP contribution in [0.15, 0.2) is 41.3 Å². The third-order valence-corrected chi connectivity index (χ3v) is 4.21. The predicted octanol–water partition coefficient (Wildman–Crippen LogP) is 2.90. The van der Waals surface area contributed by atoms with Crippen LogP contribution in [0.4, 0.5) is 4.39 Å². The summed E-state index contributed by atoms with van der Waals surface area (Å²) in [5.41, 5.74) is 0.639. The molecule has 21 heavy (non-hydrogen) atoms. The molecule has 2 aromatic carbocycles. The first-order valence-electron chi connectivity index (χ1n) is 6.04. The number of rotatable bonds is 3. The second kappa shape index (κ2) is 5.29. The van der Waals surface area contributed by atoms with Gasteiger partial charge in [0.1, 0.15) is 5.82 Å². The molecule has 0 aromatic heterocycles. The van der Waals surface area contributed by atoms with Gasteiger partial charge in [-0.2, -0.15) is 0 Å². The molecule has 0 aliphatic rings. The second-order valence-electron chi connectivity index (χ2n) is 4.75. The maximum absolute atomic E-state index is 13.7. The Morgan fingerprint density at radius 1 is 1.19 bits per heavy atom. The van der Waals surface area contributed by atoms with Crippen molar-refractivity contribution in [1.82, 2.24) is 0 Å². The molecule has 0 atom stereocenters. The van der Waals surface area contributed by atoms with Crippen molar-refractivity contribution in [2.75, 3.05) is 6.26 Å². The fourth-order valence-electron chi connectivity index (χ4n) is 1.99. The molecule has 0 unspecified atom stereocenters. The molecule has 0 saturated carbocycles. The Morgan fingerprint density at radius 2 is 1.86 bits per heavy atom. The summed E-state index contributed by atoms with van der Waals surface area (Å²) in [6, 6.07) is 8.14. The quantitative estimate of drug-likeness (QED) is 0.946. The third-order valence-electron chi connectivity index (χ3n) is 3.10. The van der Waals surface area contributed by atoms with E-state index in [9.17, 15) is 22.7 Å². The number of benzene rings is 2. The summed E-state index contributed by atoms with van der Waals surface area (Å²) in [6.07, 6.45) is 1.06. The van der Waals surface area contributed by atoms with Crippen molar-refractivity contribution in [1.29, 1.82) is 0 Å². The molecule has 0 aliphatic heterocycles. The van der Waals surface area contributed by atoms with Gasteiger partial charge in [0.05, 0.1) is 10.5 Å². The molecule has 0 heterocycles. The van der Waals surface area contributed by atoms with E-state index in [-0.39, 0.29) is 21.6 Å². The SMILES string of the molecule is Cc1cc(C(=O)O)c(-c2cccc(S(C)(=O)=O)c2)cc1F. The van der Waals surface area contributed by atoms with Gasteiger partial charge in [0, 0.05) is 6.26 Å². The molecule has 0 radical (unpaired) electrons. The van der Waals surface area contributed by atoms with Gasteiger partial charge in [-0.05, 0) is 47.9 Å². The van der Waals surface area contributed by atoms with Crippen LogP contribution < -0.4 is 0 Å². The standard InChI is InChI=1S/C15H13FO4S/c1-9-6-13(15(17)18)12(8-14(9)16)10-4-3-5-11(7-10)21(2,19)20/h3-8H,1-2H3,(H,17,18). The van der Waals surface area contributed by atoms with E-state index in [0.717, 1.165) is 12.3 Å². The summed E-state index contributed by atoms with van der Waals surface area (Å²) < 4.78 is 36.9. The second-order valence-corrected chi connectivity index (χ2v) is 6.77. The van der Waals surface area contributed by atoms with E-state index in [2.05, 4.69) is 0 Å². The summed E-state index contributed by atoms with van der Waals surface area (Å²) >= 11 is 0. The monoisotopic (exact) mass is 308 g/mol. The van der Waals surface area contributed by atoms with E-state index >= 15 is 0 Å². The molecule has 6 heteroatoms. The lowest BCUT2D eigenvalue weighted by Crippen LogP contribution is -2.03. The molecular formula is C15H13FO4S. The number of carboxylic acid groups (broad SMARTS) is 1. The first kappa shape index (κ1) is 15.2. The lowest BCUT2D eigenvalue weighted by molar-refractivity contribution is 0.0697. The molecule has 1 N–H and O–H groups in total. The molecule has 0 amide bonds. The van der Waals surface area contributed by atoms with Crippen LogP contribution >= 0.6 is 0 Å². The van der Waals surface area contributed by atoms with Crippen molar-refractivity contribution in [3.63, 3.8) is 0 Å². The van der Waals surface area contributed by atoms with Crippen molar-refractivity contribution in [2.24, 2.45) is 0 Å². The molecule has 0 aliphatic carbocycles. The fraction of sp³-hybridized carbons (Fsp3) is 0.133. The molecule has 0 fully saturated rings. The largest absolute Gasteiger partial charge is 0.478 e. The van der Waals surface area contributed by atoms with Crippen molar-refractivity contribution in [2.45, 2.75) is 11.8 Å². The number of hydrogen-bond acceptors (Lipinski definition) is 3. The minimum Gasteiger partial charge on any atom is -0.478 e. The van der Waals surface area contributed by atoms with Crippen LogP contribution in [-0.2, 0) is 9.84 Å². The minimum atomic E-state index is -3.43. The summed E-state index contributed by atoms with van der Waals surface area (Å²) in [7, 11) is -3.43. The van der Waals surface area contributed by atoms with Crippen LogP contribution in [0.5, 0.6) is 0 Å². The Hall–Kier alpha value is -2.21. The van der Waals surface area contributed by atoms with Gasteiger partial charge in [0.2, 0.25) is 0 Å². The topological polar surface area (TPSA) is 71.4 Å². The number of carbonyl (C=O) groups is 1. The summed E-state index contributed by atoms with van der Waals surface area (Å²) in [5.74, 6) is -1.74. The number of aromatic carboxylic acids is 1. The molecule has 0 bridgehead atoms. The molecule has 2 rings (SSSR count). The molecule has 2 aromatic rings. The highest BCUT2D eigenvalue weighted by molar-refractivity contribution is 7.90. The molecule has 0 spiro atoms. The smallest absolute Gasteiger partial charge is 0.336 e. The number of hydrogen-bond donors (Lipinski definition) is 1. The van der Waals surface area contributed by atoms with E-state index in [1.54, 1.807) is 6.07 Å². The van der Waals surface area contributed by atoms with Crippen LogP contribution in [-0.4, -0.2) is 25.7 Å². The van der Waals surface area contributed by atoms with E-state index in [0.29, 0.717) is 5.56 Å². The van der Waals surface area contributed by atoms with Crippen molar-refractivity contribution in [3.05, 3.63) is 53.3 Å². The first-order chi connectivity index (χ1) is 9.70. The van der Waals surface area contributed by atoms with Crippen LogP contribution in [0.25, 0.3) is 11.1 Å². The zero-order valence-corrected chi connectivity index (χ0v) is 12.2. The Morgan fingerprint density at radius 3 is 2.43 bits per heavy atom. The highest BCUT2D eigenvalue weighted by Crippen LogP contribution is 2.28. The van der Waals surface area contributed by atoms with Crippen LogP contribution in [0.1, 0.15) is 15.9 Å². The maximum atomic E-state index is 13.7. The number of sulfone groups is 1. The van der Waals surface area contributed by atoms with E-state index < -0.39 is 21.6 Å². The maximum Gasteiger partial charge on any atom is 0.336 e. The van der Waals surface area contributed by atoms with Gasteiger partial charge in [-0.1, -0.05) is 12.1 Å². The van der Waals surface area contributed by atoms with Gasteiger partial charge in [0.25, 0.3) is 0 Å². The van der Waals surface area contributed by atoms with Gasteiger partial charge in [-0.3, -0.25) is 0 Å². The molecule has 110 valence electrons. The molecule has 4 nitrogen and oxygen atoms in total. The number of halogens is 1. The lowest BCUT2D eigenvalue weighted by atomic mass is 9.97. The van der Waals surface area contributed by atoms with Crippen molar-refractivity contribution >= 4 is 15.8 Å². The summed E-state index contributed by atoms with van der Waals surface area (Å²) in [6.45, 7) is 1.47. The van der Waals surface area contributed by atoms with E-state index in [1.165, 1.54) is 31.2 Å². The van der Waals surface area contributed by atoms with Gasteiger partial charge in [-0.25, -0.2) is 17.6 Å². The van der Waals surface area contributed by atoms with Gasteiger partial charge >= 0.3 is 5.97 Å². The van der Waals surface area contributed by atoms with Gasteiger partial charge in [-0.15, -0.1) is 0 Å². The number of aryl methyl sites for hydroxylation is 1. The lowest BCUT2D eigenvalue weighted by Gasteiger charge is -2.10. The Balaban J connectivity index is 2.72. The van der Waals surface area contributed by atoms with Crippen LogP contribution in [0.2, 0.25) is 0 Å².